The van der Waals surface area contributed by atoms with Gasteiger partial charge < -0.3 is 0 Å². The molecule has 0 radical (unpaired) electrons. The number of hydrogen-bond acceptors (Lipinski definition) is 4. The number of thiocarbonyl (C=S) groups is 1. The highest BCUT2D eigenvalue weighted by Crippen LogP contribution is 2.17. The van der Waals surface area contributed by atoms with Gasteiger partial charge in [-0.05, 0) is 6.92 Å². The number of aliphatic imine (C=N–C) groups is 1. The Labute approximate surface area is 76.5 Å². The number of hydrogen-bond donors (Lipinski definition) is 1. The molecule has 2 aliphatic rings. The molecule has 0 amide bonds. The topological polar surface area (TPSA) is 30.9 Å². The van der Waals surface area contributed by atoms with Crippen molar-refractivity contribution in [1.82, 2.24) is 15.6 Å². The molecule has 0 unspecified atom stereocenters. The Morgan fingerprint density at radius 3 is 3.33 bits per heavy atom. The molecule has 0 bridgehead atoms. The molecule has 4 nitrogen and oxygen atoms in total. The van der Waals surface area contributed by atoms with E-state index in [1.165, 1.54) is 0 Å². The molecule has 12 heavy (non-hydrogen) atoms. The summed E-state index contributed by atoms with van der Waals surface area (Å²) in [5, 5.41) is 3.88. The third-order valence-corrected chi connectivity index (χ3v) is 2.09. The van der Waals surface area contributed by atoms with Crippen LogP contribution in [-0.2, 0) is 0 Å². The average molecular weight is 182 g/mol. The highest BCUT2D eigenvalue weighted by molar-refractivity contribution is 7.80. The largest absolute Gasteiger partial charge is 0.296 e. The summed E-state index contributed by atoms with van der Waals surface area (Å²) >= 11 is 4.99. The normalized spacial score (nSPS) is 21.4. The van der Waals surface area contributed by atoms with Gasteiger partial charge in [0.15, 0.2) is 0 Å². The van der Waals surface area contributed by atoms with Gasteiger partial charge in [-0.1, -0.05) is 12.2 Å². The first-order valence-electron chi connectivity index (χ1n) is 3.89. The van der Waals surface area contributed by atoms with Crippen LogP contribution >= 0.6 is 12.2 Å². The number of nitrogens with one attached hydrogen (secondary N) is 1. The van der Waals surface area contributed by atoms with Crippen molar-refractivity contribution in [2.45, 2.75) is 13.3 Å². The Kier molecular flexibility index (Phi) is 1.82. The summed E-state index contributed by atoms with van der Waals surface area (Å²) in [5.74, 6) is 0. The van der Waals surface area contributed by atoms with Gasteiger partial charge >= 0.3 is 0 Å². The fourth-order valence-corrected chi connectivity index (χ4v) is 1.38. The smallest absolute Gasteiger partial charge is 0.113 e. The predicted octanol–water partition coefficient (Wildman–Crippen LogP) is 0.644. The van der Waals surface area contributed by atoms with E-state index < -0.39 is 0 Å². The Hall–Kier alpha value is -0.940. The van der Waals surface area contributed by atoms with Crippen LogP contribution in [0.3, 0.4) is 0 Å². The number of nitrogens with zero attached hydrogens (tertiary/aromatic N) is 3. The third kappa shape index (κ3) is 1.21. The van der Waals surface area contributed by atoms with E-state index in [1.54, 1.807) is 6.34 Å². The van der Waals surface area contributed by atoms with Crippen LogP contribution in [0.5, 0.6) is 0 Å². The van der Waals surface area contributed by atoms with Crippen LogP contribution in [-0.4, -0.2) is 27.9 Å². The van der Waals surface area contributed by atoms with Gasteiger partial charge in [-0.15, -0.1) is 5.53 Å². The van der Waals surface area contributed by atoms with Crippen LogP contribution in [0.2, 0.25) is 0 Å². The molecule has 0 spiro atoms. The highest BCUT2D eigenvalue weighted by Gasteiger charge is 2.21. The molecule has 64 valence electrons. The minimum Gasteiger partial charge on any atom is -0.296 e. The standard InChI is InChI=1S/C7H10N4S/c1-2-10-4-6-3-7(12)8-5-11(6)9-10/h4-5,9H,2-3H2,1H3. The van der Waals surface area contributed by atoms with Crippen LogP contribution < -0.4 is 5.53 Å². The van der Waals surface area contributed by atoms with Crippen LogP contribution in [0.1, 0.15) is 13.3 Å². The van der Waals surface area contributed by atoms with Crippen molar-refractivity contribution in [1.29, 1.82) is 0 Å². The summed E-state index contributed by atoms with van der Waals surface area (Å²) in [6.45, 7) is 3.01. The number of fused-ring (bicyclic) bond motifs is 1. The molecule has 2 aliphatic heterocycles. The van der Waals surface area contributed by atoms with E-state index in [9.17, 15) is 0 Å². The van der Waals surface area contributed by atoms with Gasteiger partial charge in [0.25, 0.3) is 0 Å². The van der Waals surface area contributed by atoms with Gasteiger partial charge in [0, 0.05) is 19.2 Å². The highest BCUT2D eigenvalue weighted by atomic mass is 32.1. The van der Waals surface area contributed by atoms with E-state index in [4.69, 9.17) is 12.2 Å². The molecule has 2 heterocycles. The van der Waals surface area contributed by atoms with Gasteiger partial charge in [0.05, 0.1) is 5.70 Å². The molecule has 0 atom stereocenters. The summed E-state index contributed by atoms with van der Waals surface area (Å²) in [7, 11) is 0. The maximum Gasteiger partial charge on any atom is 0.113 e. The van der Waals surface area contributed by atoms with E-state index >= 15 is 0 Å². The number of hydrazine groups is 2. The number of rotatable bonds is 1. The van der Waals surface area contributed by atoms with Gasteiger partial charge in [0.2, 0.25) is 0 Å². The molecule has 0 fully saturated rings. The fraction of sp³-hybridized carbons (Fsp3) is 0.429. The molecule has 0 aromatic rings. The van der Waals surface area contributed by atoms with Crippen LogP contribution in [0.15, 0.2) is 16.9 Å². The van der Waals surface area contributed by atoms with Crippen molar-refractivity contribution in [3.8, 4) is 0 Å². The molecule has 0 saturated heterocycles. The van der Waals surface area contributed by atoms with Gasteiger partial charge in [-0.25, -0.2) is 4.99 Å². The lowest BCUT2D eigenvalue weighted by atomic mass is 10.3. The molecule has 1 N–H and O–H groups in total. The molecular weight excluding hydrogens is 172 g/mol. The first kappa shape index (κ1) is 7.70. The van der Waals surface area contributed by atoms with Crippen molar-refractivity contribution in [2.75, 3.05) is 6.54 Å². The van der Waals surface area contributed by atoms with Crippen LogP contribution in [0.25, 0.3) is 0 Å². The summed E-state index contributed by atoms with van der Waals surface area (Å²) in [6, 6.07) is 0. The van der Waals surface area contributed by atoms with Crippen molar-refractivity contribution < 1.29 is 0 Å². The minimum atomic E-state index is 0.747. The second-order valence-electron chi connectivity index (χ2n) is 2.69. The second kappa shape index (κ2) is 2.84. The van der Waals surface area contributed by atoms with Crippen molar-refractivity contribution in [3.05, 3.63) is 11.9 Å². The fourth-order valence-electron chi connectivity index (χ4n) is 1.19. The monoisotopic (exact) mass is 182 g/mol. The Morgan fingerprint density at radius 2 is 2.58 bits per heavy atom. The van der Waals surface area contributed by atoms with Crippen LogP contribution in [0.4, 0.5) is 0 Å². The van der Waals surface area contributed by atoms with Crippen molar-refractivity contribution >= 4 is 23.5 Å². The lowest BCUT2D eigenvalue weighted by Gasteiger charge is -2.21. The second-order valence-corrected chi connectivity index (χ2v) is 3.16. The van der Waals surface area contributed by atoms with Crippen LogP contribution in [0, 0.1) is 0 Å². The van der Waals surface area contributed by atoms with E-state index in [2.05, 4.69) is 23.7 Å². The first-order chi connectivity index (χ1) is 5.79. The van der Waals surface area contributed by atoms with Gasteiger partial charge in [0.1, 0.15) is 11.3 Å². The average Bonchev–Trinajstić information content (AvgIpc) is 2.46. The maximum absolute atomic E-state index is 4.99. The summed E-state index contributed by atoms with van der Waals surface area (Å²) in [6.07, 6.45) is 4.53. The SMILES string of the molecule is CCN1C=C2CC(=S)N=CN2N1. The van der Waals surface area contributed by atoms with Crippen molar-refractivity contribution in [2.24, 2.45) is 4.99 Å². The third-order valence-electron chi connectivity index (χ3n) is 1.84. The molecule has 0 aromatic carbocycles. The van der Waals surface area contributed by atoms with E-state index in [0.717, 1.165) is 23.7 Å². The van der Waals surface area contributed by atoms with E-state index in [0.29, 0.717) is 0 Å². The van der Waals surface area contributed by atoms with Gasteiger partial charge in [-0.2, -0.15) is 0 Å². The Morgan fingerprint density at radius 1 is 1.75 bits per heavy atom. The summed E-state index contributed by atoms with van der Waals surface area (Å²) in [5.41, 5.74) is 4.29. The molecule has 0 saturated carbocycles. The lowest BCUT2D eigenvalue weighted by molar-refractivity contribution is 0.201. The lowest BCUT2D eigenvalue weighted by Crippen LogP contribution is -2.40. The summed E-state index contributed by atoms with van der Waals surface area (Å²) in [4.78, 5) is 4.79. The molecule has 5 heteroatoms. The molecular formula is C7H10N4S. The minimum absolute atomic E-state index is 0.747. The zero-order valence-electron chi connectivity index (χ0n) is 6.82. The van der Waals surface area contributed by atoms with E-state index in [-0.39, 0.29) is 0 Å². The zero-order valence-corrected chi connectivity index (χ0v) is 7.64. The summed E-state index contributed by atoms with van der Waals surface area (Å²) < 4.78 is 0. The predicted molar refractivity (Wildman–Crippen MR) is 51.1 cm³/mol. The first-order valence-corrected chi connectivity index (χ1v) is 4.30. The van der Waals surface area contributed by atoms with Gasteiger partial charge in [-0.3, -0.25) is 10.0 Å². The molecule has 2 rings (SSSR count). The zero-order chi connectivity index (χ0) is 8.55. The molecule has 0 aromatic heterocycles. The quantitative estimate of drug-likeness (QED) is 0.603. The van der Waals surface area contributed by atoms with Crippen molar-refractivity contribution in [3.63, 3.8) is 0 Å². The molecule has 0 aliphatic carbocycles. The Balaban J connectivity index is 2.19. The maximum atomic E-state index is 4.99. The van der Waals surface area contributed by atoms with E-state index in [1.807, 2.05) is 10.0 Å². The Bertz CT molecular complexity index is 271.